The van der Waals surface area contributed by atoms with Crippen molar-refractivity contribution in [2.24, 2.45) is 7.05 Å². The van der Waals surface area contributed by atoms with Crippen LogP contribution in [0.2, 0.25) is 5.02 Å². The maximum atomic E-state index is 12.6. The fourth-order valence-corrected chi connectivity index (χ4v) is 5.21. The van der Waals surface area contributed by atoms with Crippen molar-refractivity contribution in [3.8, 4) is 0 Å². The van der Waals surface area contributed by atoms with Crippen molar-refractivity contribution in [3.05, 3.63) is 41.2 Å². The largest absolute Gasteiger partial charge is 0.377 e. The van der Waals surface area contributed by atoms with Gasteiger partial charge in [-0.15, -0.1) is 0 Å². The molecule has 1 aliphatic rings. The fraction of sp³-hybridized carbons (Fsp3) is 0.444. The van der Waals surface area contributed by atoms with Crippen LogP contribution < -0.4 is 10.0 Å². The van der Waals surface area contributed by atoms with Gasteiger partial charge in [0.25, 0.3) is 5.91 Å². The van der Waals surface area contributed by atoms with E-state index >= 15 is 0 Å². The summed E-state index contributed by atoms with van der Waals surface area (Å²) in [4.78, 5) is 16.5. The van der Waals surface area contributed by atoms with E-state index in [9.17, 15) is 13.2 Å². The molecule has 1 aromatic heterocycles. The van der Waals surface area contributed by atoms with E-state index in [1.165, 1.54) is 30.0 Å². The Morgan fingerprint density at radius 3 is 2.97 bits per heavy atom. The summed E-state index contributed by atoms with van der Waals surface area (Å²) < 4.78 is 35.1. The minimum absolute atomic E-state index is 0.0618. The zero-order valence-corrected chi connectivity index (χ0v) is 18.3. The molecule has 1 fully saturated rings. The van der Waals surface area contributed by atoms with Gasteiger partial charge in [-0.05, 0) is 31.0 Å². The molecule has 2 N–H and O–H groups in total. The smallest absolute Gasteiger partial charge is 0.251 e. The number of imidazole rings is 1. The minimum atomic E-state index is -3.85. The molecule has 2 aromatic rings. The van der Waals surface area contributed by atoms with Gasteiger partial charge in [-0.3, -0.25) is 4.79 Å². The predicted octanol–water partition coefficient (Wildman–Crippen LogP) is 2.05. The van der Waals surface area contributed by atoms with Crippen LogP contribution in [0.25, 0.3) is 0 Å². The molecular formula is C18H23ClN4O4S2. The first-order chi connectivity index (χ1) is 13.9. The SMILES string of the molecule is Cn1ccnc1SCCNC(=O)c1ccc(Cl)c(S(=O)(=O)NCC2CCCO2)c1. The zero-order valence-electron chi connectivity index (χ0n) is 15.9. The number of thioether (sulfide) groups is 1. The van der Waals surface area contributed by atoms with Crippen LogP contribution in [0.15, 0.2) is 40.6 Å². The van der Waals surface area contributed by atoms with E-state index in [1.54, 1.807) is 6.20 Å². The number of hydrogen-bond donors (Lipinski definition) is 2. The Morgan fingerprint density at radius 1 is 1.45 bits per heavy atom. The fourth-order valence-electron chi connectivity index (χ4n) is 2.84. The summed E-state index contributed by atoms with van der Waals surface area (Å²) in [5.74, 6) is 0.274. The molecule has 11 heteroatoms. The minimum Gasteiger partial charge on any atom is -0.377 e. The molecule has 0 aliphatic carbocycles. The Hall–Kier alpha value is -1.59. The zero-order chi connectivity index (χ0) is 20.9. The van der Waals surface area contributed by atoms with E-state index in [2.05, 4.69) is 15.0 Å². The number of aryl methyl sites for hydroxylation is 1. The molecule has 8 nitrogen and oxygen atoms in total. The highest BCUT2D eigenvalue weighted by Crippen LogP contribution is 2.23. The number of aromatic nitrogens is 2. The molecule has 1 amide bonds. The monoisotopic (exact) mass is 458 g/mol. The van der Waals surface area contributed by atoms with Crippen LogP contribution in [-0.2, 0) is 21.8 Å². The number of hydrogen-bond acceptors (Lipinski definition) is 6. The number of nitrogens with zero attached hydrogens (tertiary/aromatic N) is 2. The topological polar surface area (TPSA) is 102 Å². The summed E-state index contributed by atoms with van der Waals surface area (Å²) in [6.07, 6.45) is 5.16. The third-order valence-corrected chi connectivity index (χ3v) is 7.37. The first-order valence-corrected chi connectivity index (χ1v) is 12.0. The third-order valence-electron chi connectivity index (χ3n) is 4.40. The lowest BCUT2D eigenvalue weighted by Gasteiger charge is -2.13. The number of carbonyl (C=O) groups is 1. The van der Waals surface area contributed by atoms with Crippen LogP contribution in [0.4, 0.5) is 0 Å². The molecule has 0 bridgehead atoms. The van der Waals surface area contributed by atoms with Gasteiger partial charge in [0.1, 0.15) is 4.90 Å². The van der Waals surface area contributed by atoms with E-state index in [0.717, 1.165) is 18.0 Å². The lowest BCUT2D eigenvalue weighted by molar-refractivity contribution is 0.0956. The van der Waals surface area contributed by atoms with Gasteiger partial charge < -0.3 is 14.6 Å². The highest BCUT2D eigenvalue weighted by molar-refractivity contribution is 7.99. The Balaban J connectivity index is 1.58. The van der Waals surface area contributed by atoms with Gasteiger partial charge in [0.05, 0.1) is 11.1 Å². The molecule has 1 aliphatic heterocycles. The molecule has 0 radical (unpaired) electrons. The van der Waals surface area contributed by atoms with Gasteiger partial charge in [-0.1, -0.05) is 23.4 Å². The first kappa shape index (κ1) is 22.1. The maximum absolute atomic E-state index is 12.6. The molecule has 0 spiro atoms. The third kappa shape index (κ3) is 5.95. The summed E-state index contributed by atoms with van der Waals surface area (Å²) in [5.41, 5.74) is 0.230. The van der Waals surface area contributed by atoms with Crippen molar-refractivity contribution >= 4 is 39.3 Å². The number of benzene rings is 1. The van der Waals surface area contributed by atoms with Crippen molar-refractivity contribution in [2.75, 3.05) is 25.4 Å². The average molecular weight is 459 g/mol. The van der Waals surface area contributed by atoms with Crippen LogP contribution >= 0.6 is 23.4 Å². The Morgan fingerprint density at radius 2 is 2.28 bits per heavy atom. The molecule has 1 atom stereocenters. The highest BCUT2D eigenvalue weighted by Gasteiger charge is 2.23. The predicted molar refractivity (Wildman–Crippen MR) is 112 cm³/mol. The number of nitrogens with one attached hydrogen (secondary N) is 2. The molecule has 158 valence electrons. The first-order valence-electron chi connectivity index (χ1n) is 9.16. The van der Waals surface area contributed by atoms with E-state index in [0.29, 0.717) is 18.9 Å². The highest BCUT2D eigenvalue weighted by atomic mass is 35.5. The molecule has 3 rings (SSSR count). The Labute approximate surface area is 179 Å². The van der Waals surface area contributed by atoms with Crippen molar-refractivity contribution < 1.29 is 17.9 Å². The van der Waals surface area contributed by atoms with Crippen LogP contribution in [0.3, 0.4) is 0 Å². The number of sulfonamides is 1. The molecule has 1 saturated heterocycles. The number of halogens is 1. The average Bonchev–Trinajstić information content (AvgIpc) is 3.35. The summed E-state index contributed by atoms with van der Waals surface area (Å²) in [6, 6.07) is 4.21. The van der Waals surface area contributed by atoms with Crippen molar-refractivity contribution in [2.45, 2.75) is 29.0 Å². The molecule has 0 saturated carbocycles. The van der Waals surface area contributed by atoms with Crippen molar-refractivity contribution in [3.63, 3.8) is 0 Å². The number of rotatable bonds is 9. The Bertz CT molecular complexity index is 959. The summed E-state index contributed by atoms with van der Waals surface area (Å²) in [6.45, 7) is 1.24. The summed E-state index contributed by atoms with van der Waals surface area (Å²) in [5, 5.41) is 3.70. The van der Waals surface area contributed by atoms with Gasteiger partial charge in [-0.25, -0.2) is 18.1 Å². The van der Waals surface area contributed by atoms with Gasteiger partial charge in [0, 0.05) is 50.5 Å². The Kier molecular flexibility index (Phi) is 7.58. The van der Waals surface area contributed by atoms with Gasteiger partial charge >= 0.3 is 0 Å². The number of ether oxygens (including phenoxy) is 1. The second-order valence-electron chi connectivity index (χ2n) is 6.56. The van der Waals surface area contributed by atoms with E-state index in [4.69, 9.17) is 16.3 Å². The summed E-state index contributed by atoms with van der Waals surface area (Å²) >= 11 is 7.60. The quantitative estimate of drug-likeness (QED) is 0.440. The maximum Gasteiger partial charge on any atom is 0.251 e. The van der Waals surface area contributed by atoms with Crippen LogP contribution in [0, 0.1) is 0 Å². The van der Waals surface area contributed by atoms with Gasteiger partial charge in [0.15, 0.2) is 5.16 Å². The van der Waals surface area contributed by atoms with Crippen molar-refractivity contribution in [1.82, 2.24) is 19.6 Å². The standard InChI is InChI=1S/C18H23ClN4O4S2/c1-23-8-6-21-18(23)28-10-7-20-17(24)13-4-5-15(19)16(11-13)29(25,26)22-12-14-3-2-9-27-14/h4-6,8,11,14,22H,2-3,7,9-10,12H2,1H3,(H,20,24). The van der Waals surface area contributed by atoms with E-state index < -0.39 is 10.0 Å². The molecule has 29 heavy (non-hydrogen) atoms. The normalized spacial score (nSPS) is 16.8. The van der Waals surface area contributed by atoms with E-state index in [1.807, 2.05) is 17.8 Å². The summed E-state index contributed by atoms with van der Waals surface area (Å²) in [7, 11) is -1.95. The number of carbonyl (C=O) groups excluding carboxylic acids is 1. The lowest BCUT2D eigenvalue weighted by Crippen LogP contribution is -2.32. The van der Waals surface area contributed by atoms with Crippen LogP contribution in [0.1, 0.15) is 23.2 Å². The lowest BCUT2D eigenvalue weighted by atomic mass is 10.2. The van der Waals surface area contributed by atoms with Crippen molar-refractivity contribution in [1.29, 1.82) is 0 Å². The van der Waals surface area contributed by atoms with Crippen LogP contribution in [0.5, 0.6) is 0 Å². The second-order valence-corrected chi connectivity index (χ2v) is 9.76. The molecule has 1 aromatic carbocycles. The molecular weight excluding hydrogens is 436 g/mol. The van der Waals surface area contributed by atoms with Crippen LogP contribution in [-0.4, -0.2) is 55.4 Å². The number of amides is 1. The van der Waals surface area contributed by atoms with E-state index in [-0.39, 0.29) is 34.0 Å². The van der Waals surface area contributed by atoms with Gasteiger partial charge in [-0.2, -0.15) is 0 Å². The molecule has 1 unspecified atom stereocenters. The second kappa shape index (κ2) is 9.94. The van der Waals surface area contributed by atoms with Gasteiger partial charge in [0.2, 0.25) is 10.0 Å². The molecule has 2 heterocycles.